The van der Waals surface area contributed by atoms with Gasteiger partial charge >= 0.3 is 0 Å². The molecular formula is C17H24ClFN2. The van der Waals surface area contributed by atoms with Crippen LogP contribution in [-0.4, -0.2) is 37.6 Å². The molecule has 116 valence electrons. The summed E-state index contributed by atoms with van der Waals surface area (Å²) in [6, 6.07) is 7.26. The molecule has 21 heavy (non-hydrogen) atoms. The molecule has 0 radical (unpaired) electrons. The highest BCUT2D eigenvalue weighted by Crippen LogP contribution is 2.37. The third kappa shape index (κ3) is 3.77. The maximum atomic E-state index is 15.1. The Kier molecular flexibility index (Phi) is 4.82. The van der Waals surface area contributed by atoms with Gasteiger partial charge in [0, 0.05) is 24.7 Å². The molecule has 0 saturated carbocycles. The van der Waals surface area contributed by atoms with Gasteiger partial charge in [-0.25, -0.2) is 4.39 Å². The van der Waals surface area contributed by atoms with Crippen LogP contribution in [0.5, 0.6) is 0 Å². The minimum absolute atomic E-state index is 0.597. The van der Waals surface area contributed by atoms with Gasteiger partial charge in [-0.1, -0.05) is 23.7 Å². The van der Waals surface area contributed by atoms with Crippen molar-refractivity contribution in [1.82, 2.24) is 10.2 Å². The van der Waals surface area contributed by atoms with Crippen LogP contribution in [0.15, 0.2) is 24.3 Å². The average molecular weight is 311 g/mol. The fourth-order valence-corrected chi connectivity index (χ4v) is 3.68. The maximum absolute atomic E-state index is 15.1. The fourth-order valence-electron chi connectivity index (χ4n) is 3.56. The second kappa shape index (κ2) is 6.64. The van der Waals surface area contributed by atoms with Crippen LogP contribution in [0.1, 0.15) is 31.2 Å². The molecular weight excluding hydrogens is 287 g/mol. The van der Waals surface area contributed by atoms with Gasteiger partial charge in [0.1, 0.15) is 5.67 Å². The first-order valence-corrected chi connectivity index (χ1v) is 8.41. The van der Waals surface area contributed by atoms with E-state index in [9.17, 15) is 0 Å². The first-order chi connectivity index (χ1) is 10.2. The largest absolute Gasteiger partial charge is 0.317 e. The third-order valence-corrected chi connectivity index (χ3v) is 5.24. The molecule has 2 fully saturated rings. The van der Waals surface area contributed by atoms with E-state index in [-0.39, 0.29) is 0 Å². The van der Waals surface area contributed by atoms with Crippen LogP contribution in [0, 0.1) is 5.92 Å². The van der Waals surface area contributed by atoms with E-state index in [1.54, 1.807) is 12.1 Å². The highest BCUT2D eigenvalue weighted by molar-refractivity contribution is 6.30. The molecule has 0 bridgehead atoms. The number of hydrogen-bond acceptors (Lipinski definition) is 2. The second-order valence-electron chi connectivity index (χ2n) is 6.47. The number of nitrogens with one attached hydrogen (secondary N) is 1. The van der Waals surface area contributed by atoms with Gasteiger partial charge in [0.25, 0.3) is 0 Å². The van der Waals surface area contributed by atoms with Crippen molar-refractivity contribution in [2.75, 3.05) is 32.7 Å². The Hall–Kier alpha value is -0.640. The van der Waals surface area contributed by atoms with Crippen molar-refractivity contribution in [3.63, 3.8) is 0 Å². The second-order valence-corrected chi connectivity index (χ2v) is 6.90. The van der Waals surface area contributed by atoms with Crippen molar-refractivity contribution in [3.8, 4) is 0 Å². The first-order valence-electron chi connectivity index (χ1n) is 8.04. The van der Waals surface area contributed by atoms with E-state index >= 15 is 4.39 Å². The molecule has 0 amide bonds. The zero-order chi connectivity index (χ0) is 14.7. The van der Waals surface area contributed by atoms with Crippen LogP contribution in [0.2, 0.25) is 5.02 Å². The summed E-state index contributed by atoms with van der Waals surface area (Å²) in [6.45, 7) is 5.14. The summed E-state index contributed by atoms with van der Waals surface area (Å²) in [5, 5.41) is 4.07. The van der Waals surface area contributed by atoms with E-state index in [1.165, 1.54) is 12.8 Å². The maximum Gasteiger partial charge on any atom is 0.138 e. The van der Waals surface area contributed by atoms with Crippen LogP contribution in [0.3, 0.4) is 0 Å². The number of rotatable bonds is 3. The SMILES string of the molecule is FC1(c2ccc(Cl)cc2)CCN(CC2CCNCC2)CC1. The molecule has 0 atom stereocenters. The molecule has 1 N–H and O–H groups in total. The van der Waals surface area contributed by atoms with Gasteiger partial charge < -0.3 is 10.2 Å². The summed E-state index contributed by atoms with van der Waals surface area (Å²) in [7, 11) is 0. The predicted molar refractivity (Wildman–Crippen MR) is 85.5 cm³/mol. The third-order valence-electron chi connectivity index (χ3n) is 4.99. The summed E-state index contributed by atoms with van der Waals surface area (Å²) in [4.78, 5) is 2.45. The van der Waals surface area contributed by atoms with Crippen molar-refractivity contribution in [3.05, 3.63) is 34.9 Å². The van der Waals surface area contributed by atoms with E-state index in [4.69, 9.17) is 11.6 Å². The Morgan fingerprint density at radius 1 is 1.14 bits per heavy atom. The number of alkyl halides is 1. The number of piperidine rings is 2. The van der Waals surface area contributed by atoms with Crippen LogP contribution in [0.4, 0.5) is 4.39 Å². The molecule has 1 aromatic rings. The lowest BCUT2D eigenvalue weighted by Crippen LogP contribution is -2.43. The van der Waals surface area contributed by atoms with Gasteiger partial charge in [-0.3, -0.25) is 0 Å². The first kappa shape index (κ1) is 15.3. The molecule has 0 aliphatic carbocycles. The van der Waals surface area contributed by atoms with E-state index in [0.717, 1.165) is 44.2 Å². The van der Waals surface area contributed by atoms with Gasteiger partial charge in [0.2, 0.25) is 0 Å². The lowest BCUT2D eigenvalue weighted by Gasteiger charge is -2.38. The molecule has 4 heteroatoms. The van der Waals surface area contributed by atoms with E-state index in [0.29, 0.717) is 17.9 Å². The molecule has 2 nitrogen and oxygen atoms in total. The van der Waals surface area contributed by atoms with Gasteiger partial charge in [0.15, 0.2) is 0 Å². The highest BCUT2D eigenvalue weighted by atomic mass is 35.5. The van der Waals surface area contributed by atoms with Crippen molar-refractivity contribution in [1.29, 1.82) is 0 Å². The van der Waals surface area contributed by atoms with Crippen LogP contribution < -0.4 is 5.32 Å². The number of benzene rings is 1. The number of hydrogen-bond donors (Lipinski definition) is 1. The van der Waals surface area contributed by atoms with Crippen LogP contribution in [-0.2, 0) is 5.67 Å². The minimum Gasteiger partial charge on any atom is -0.317 e. The smallest absolute Gasteiger partial charge is 0.138 e. The van der Waals surface area contributed by atoms with Crippen molar-refractivity contribution in [2.24, 2.45) is 5.92 Å². The Morgan fingerprint density at radius 3 is 2.38 bits per heavy atom. The summed E-state index contributed by atoms with van der Waals surface area (Å²) in [5.74, 6) is 0.786. The minimum atomic E-state index is -1.17. The van der Waals surface area contributed by atoms with Crippen molar-refractivity contribution in [2.45, 2.75) is 31.4 Å². The highest BCUT2D eigenvalue weighted by Gasteiger charge is 2.36. The Labute approximate surface area is 131 Å². The molecule has 1 aromatic carbocycles. The molecule has 3 rings (SSSR count). The molecule has 2 saturated heterocycles. The fraction of sp³-hybridized carbons (Fsp3) is 0.647. The molecule has 2 heterocycles. The lowest BCUT2D eigenvalue weighted by molar-refractivity contribution is 0.0465. The van der Waals surface area contributed by atoms with Crippen molar-refractivity contribution >= 4 is 11.6 Å². The number of likely N-dealkylation sites (tertiary alicyclic amines) is 1. The average Bonchev–Trinajstić information content (AvgIpc) is 2.51. The zero-order valence-electron chi connectivity index (χ0n) is 12.5. The Bertz CT molecular complexity index is 448. The van der Waals surface area contributed by atoms with Gasteiger partial charge in [0.05, 0.1) is 0 Å². The lowest BCUT2D eigenvalue weighted by atomic mass is 9.85. The number of halogens is 2. The number of nitrogens with zero attached hydrogens (tertiary/aromatic N) is 1. The molecule has 0 unspecified atom stereocenters. The molecule has 0 spiro atoms. The topological polar surface area (TPSA) is 15.3 Å². The van der Waals surface area contributed by atoms with E-state index in [1.807, 2.05) is 12.1 Å². The van der Waals surface area contributed by atoms with Crippen molar-refractivity contribution < 1.29 is 4.39 Å². The Balaban J connectivity index is 1.55. The standard InChI is InChI=1S/C17H24ClFN2/c18-16-3-1-15(2-4-16)17(19)7-11-21(12-8-17)13-14-5-9-20-10-6-14/h1-4,14,20H,5-13H2. The summed E-state index contributed by atoms with van der Waals surface area (Å²) in [6.07, 6.45) is 3.71. The normalized spacial score (nSPS) is 24.1. The summed E-state index contributed by atoms with van der Waals surface area (Å²) < 4.78 is 15.1. The van der Waals surface area contributed by atoms with E-state index in [2.05, 4.69) is 10.2 Å². The van der Waals surface area contributed by atoms with Crippen LogP contribution in [0.25, 0.3) is 0 Å². The van der Waals surface area contributed by atoms with Crippen LogP contribution >= 0.6 is 11.6 Å². The Morgan fingerprint density at radius 2 is 1.76 bits per heavy atom. The quantitative estimate of drug-likeness (QED) is 0.917. The monoisotopic (exact) mass is 310 g/mol. The summed E-state index contributed by atoms with van der Waals surface area (Å²) in [5.41, 5.74) is -0.386. The van der Waals surface area contributed by atoms with Gasteiger partial charge in [-0.05, 0) is 62.4 Å². The predicted octanol–water partition coefficient (Wildman–Crippen LogP) is 3.60. The van der Waals surface area contributed by atoms with Gasteiger partial charge in [-0.2, -0.15) is 0 Å². The van der Waals surface area contributed by atoms with Gasteiger partial charge in [-0.15, -0.1) is 0 Å². The van der Waals surface area contributed by atoms with E-state index < -0.39 is 5.67 Å². The molecule has 2 aliphatic rings. The molecule has 2 aliphatic heterocycles. The zero-order valence-corrected chi connectivity index (χ0v) is 13.2. The summed E-state index contributed by atoms with van der Waals surface area (Å²) >= 11 is 5.89. The molecule has 0 aromatic heterocycles.